The lowest BCUT2D eigenvalue weighted by molar-refractivity contribution is -0.154. The highest BCUT2D eigenvalue weighted by Gasteiger charge is 2.53. The first-order valence-corrected chi connectivity index (χ1v) is 11.7. The maximum absolute atomic E-state index is 14.8. The Morgan fingerprint density at radius 2 is 1.72 bits per heavy atom. The second-order valence-corrected chi connectivity index (χ2v) is 10.7. The van der Waals surface area contributed by atoms with E-state index >= 15 is 0 Å². The minimum absolute atomic E-state index is 0.108. The summed E-state index contributed by atoms with van der Waals surface area (Å²) in [6, 6.07) is 9.67. The minimum atomic E-state index is -3.74. The second kappa shape index (κ2) is 8.80. The van der Waals surface area contributed by atoms with Gasteiger partial charge in [0.1, 0.15) is 23.5 Å². The molecule has 4 amide bonds. The Morgan fingerprint density at radius 1 is 1.08 bits per heavy atom. The summed E-state index contributed by atoms with van der Waals surface area (Å²) in [7, 11) is 6.34. The molecule has 2 aliphatic heterocycles. The number of imide groups is 1. The standard InChI is InChI=1S/C22H22B4ClF2N3O4/c23-20(24)10-21(25,18(35)30-17(20)34)31-9-12-7-11(1-6-15(12)16(31)33)8-32(26)19(36)22(28,29)13-2-4-14(27)5-3-13/h1-7H,8-10,23-26H2,(H,30,34,35)/t21-/m1/s1. The molecule has 2 aromatic carbocycles. The van der Waals surface area contributed by atoms with Crippen molar-refractivity contribution >= 4 is 66.7 Å². The maximum Gasteiger partial charge on any atom is 0.348 e. The van der Waals surface area contributed by atoms with Gasteiger partial charge in [-0.1, -0.05) is 35.9 Å². The topological polar surface area (TPSA) is 86.8 Å². The van der Waals surface area contributed by atoms with Crippen LogP contribution in [0.1, 0.15) is 33.5 Å². The van der Waals surface area contributed by atoms with E-state index in [1.807, 2.05) is 0 Å². The van der Waals surface area contributed by atoms with Gasteiger partial charge in [0.15, 0.2) is 0 Å². The maximum atomic E-state index is 14.8. The summed E-state index contributed by atoms with van der Waals surface area (Å²) in [5.41, 5.74) is -0.130. The molecular formula is C22H22B4ClF2N3O4. The average molecular weight is 509 g/mol. The molecule has 0 spiro atoms. The Hall–Kier alpha value is -3.07. The Labute approximate surface area is 215 Å². The molecule has 2 aliphatic rings. The predicted octanol–water partition coefficient (Wildman–Crippen LogP) is -1.28. The summed E-state index contributed by atoms with van der Waals surface area (Å²) in [4.78, 5) is 53.1. The van der Waals surface area contributed by atoms with Gasteiger partial charge >= 0.3 is 5.92 Å². The van der Waals surface area contributed by atoms with Crippen LogP contribution in [0.25, 0.3) is 0 Å². The summed E-state index contributed by atoms with van der Waals surface area (Å²) in [5, 5.41) is 1.81. The predicted molar refractivity (Wildman–Crippen MR) is 140 cm³/mol. The molecule has 182 valence electrons. The zero-order chi connectivity index (χ0) is 26.6. The highest BCUT2D eigenvalue weighted by molar-refractivity contribution is 6.53. The largest absolute Gasteiger partial charge is 0.384 e. The highest BCUT2D eigenvalue weighted by Crippen LogP contribution is 2.39. The lowest BCUT2D eigenvalue weighted by Gasteiger charge is -2.46. The summed E-state index contributed by atoms with van der Waals surface area (Å²) in [5.74, 6) is -6.39. The van der Waals surface area contributed by atoms with Gasteiger partial charge in [0.2, 0.25) is 19.8 Å². The van der Waals surface area contributed by atoms with Crippen LogP contribution in [0.5, 0.6) is 0 Å². The van der Waals surface area contributed by atoms with Crippen molar-refractivity contribution in [3.8, 4) is 0 Å². The molecule has 1 atom stereocenters. The zero-order valence-corrected chi connectivity index (χ0v) is 21.1. The van der Waals surface area contributed by atoms with Crippen LogP contribution in [0, 0.1) is 0 Å². The molecule has 36 heavy (non-hydrogen) atoms. The van der Waals surface area contributed by atoms with Crippen LogP contribution in [-0.4, -0.2) is 70.3 Å². The van der Waals surface area contributed by atoms with Gasteiger partial charge in [0.25, 0.3) is 11.8 Å². The Kier molecular flexibility index (Phi) is 6.35. The van der Waals surface area contributed by atoms with Gasteiger partial charge in [0, 0.05) is 29.2 Å². The minimum Gasteiger partial charge on any atom is -0.384 e. The van der Waals surface area contributed by atoms with E-state index in [2.05, 4.69) is 5.32 Å². The molecule has 4 rings (SSSR count). The van der Waals surface area contributed by atoms with Crippen LogP contribution >= 0.6 is 11.6 Å². The first kappa shape index (κ1) is 26.0. The van der Waals surface area contributed by atoms with E-state index in [1.54, 1.807) is 41.7 Å². The van der Waals surface area contributed by atoms with Crippen molar-refractivity contribution in [3.05, 3.63) is 69.7 Å². The van der Waals surface area contributed by atoms with Gasteiger partial charge in [-0.3, -0.25) is 24.5 Å². The third-order valence-electron chi connectivity index (χ3n) is 6.93. The van der Waals surface area contributed by atoms with Crippen molar-refractivity contribution in [2.45, 2.75) is 36.1 Å². The Bertz CT molecular complexity index is 1290. The van der Waals surface area contributed by atoms with Crippen molar-refractivity contribution < 1.29 is 28.0 Å². The van der Waals surface area contributed by atoms with Crippen LogP contribution in [0.15, 0.2) is 42.5 Å². The van der Waals surface area contributed by atoms with E-state index in [1.165, 1.54) is 25.0 Å². The molecule has 1 fully saturated rings. The fraction of sp³-hybridized carbons (Fsp3) is 0.273. The van der Waals surface area contributed by atoms with Gasteiger partial charge < -0.3 is 9.71 Å². The lowest BCUT2D eigenvalue weighted by Crippen LogP contribution is -2.67. The third-order valence-corrected chi connectivity index (χ3v) is 7.18. The molecule has 1 N–H and O–H groups in total. The van der Waals surface area contributed by atoms with Crippen molar-refractivity contribution in [1.29, 1.82) is 0 Å². The quantitative estimate of drug-likeness (QED) is 0.403. The highest BCUT2D eigenvalue weighted by atomic mass is 35.5. The molecule has 0 unspecified atom stereocenters. The Morgan fingerprint density at radius 3 is 2.36 bits per heavy atom. The normalized spacial score (nSPS) is 21.2. The summed E-state index contributed by atoms with van der Waals surface area (Å²) in [6.07, 6.45) is 0.161. The fourth-order valence-electron chi connectivity index (χ4n) is 4.89. The van der Waals surface area contributed by atoms with Crippen molar-refractivity contribution in [1.82, 2.24) is 15.0 Å². The molecule has 2 aromatic rings. The number of hydrogen-bond acceptors (Lipinski definition) is 4. The number of carbonyl (C=O) groups excluding carboxylic acids is 4. The van der Waals surface area contributed by atoms with Crippen LogP contribution in [0.3, 0.4) is 0 Å². The number of amides is 4. The number of halogens is 3. The SMILES string of the molecule is BN(Cc1ccc2c(c1)CN([C@]1(B)CC(B)(B)C(=O)NC1=O)C2=O)C(=O)C(F)(F)c1ccc(Cl)cc1. The lowest BCUT2D eigenvalue weighted by atomic mass is 9.45. The number of nitrogens with one attached hydrogen (secondary N) is 1. The number of carbonyl (C=O) groups is 4. The molecule has 14 heteroatoms. The second-order valence-electron chi connectivity index (χ2n) is 10.2. The number of benzene rings is 2. The summed E-state index contributed by atoms with van der Waals surface area (Å²) >= 11 is 5.76. The van der Waals surface area contributed by atoms with Crippen LogP contribution in [-0.2, 0) is 33.4 Å². The van der Waals surface area contributed by atoms with E-state index in [0.29, 0.717) is 16.7 Å². The number of rotatable bonds is 5. The van der Waals surface area contributed by atoms with E-state index < -0.39 is 34.0 Å². The van der Waals surface area contributed by atoms with Crippen LogP contribution < -0.4 is 5.32 Å². The van der Waals surface area contributed by atoms with E-state index in [9.17, 15) is 28.0 Å². The number of nitrogens with zero attached hydrogens (tertiary/aromatic N) is 2. The van der Waals surface area contributed by atoms with E-state index in [-0.39, 0.29) is 36.3 Å². The van der Waals surface area contributed by atoms with Gasteiger partial charge in [-0.25, -0.2) is 0 Å². The third kappa shape index (κ3) is 4.34. The first-order chi connectivity index (χ1) is 16.7. The van der Waals surface area contributed by atoms with Crippen LogP contribution in [0.4, 0.5) is 8.78 Å². The molecule has 0 aliphatic carbocycles. The monoisotopic (exact) mass is 509 g/mol. The van der Waals surface area contributed by atoms with Gasteiger partial charge in [0.05, 0.1) is 5.44 Å². The molecule has 2 heterocycles. The smallest absolute Gasteiger partial charge is 0.348 e. The van der Waals surface area contributed by atoms with Crippen molar-refractivity contribution in [2.75, 3.05) is 0 Å². The molecule has 1 saturated heterocycles. The van der Waals surface area contributed by atoms with Crippen molar-refractivity contribution in [3.63, 3.8) is 0 Å². The number of piperidine rings is 1. The molecule has 0 bridgehead atoms. The van der Waals surface area contributed by atoms with Gasteiger partial charge in [-0.05, 0) is 41.0 Å². The number of hydrogen-bond donors (Lipinski definition) is 1. The zero-order valence-electron chi connectivity index (χ0n) is 20.3. The van der Waals surface area contributed by atoms with E-state index in [0.717, 1.165) is 16.9 Å². The average Bonchev–Trinajstić information content (AvgIpc) is 3.13. The number of alkyl halides is 2. The van der Waals surface area contributed by atoms with E-state index in [4.69, 9.17) is 11.6 Å². The van der Waals surface area contributed by atoms with Crippen molar-refractivity contribution in [2.24, 2.45) is 0 Å². The molecule has 7 nitrogen and oxygen atoms in total. The van der Waals surface area contributed by atoms with Gasteiger partial charge in [-0.2, -0.15) is 8.78 Å². The molecule has 0 saturated carbocycles. The first-order valence-electron chi connectivity index (χ1n) is 11.4. The summed E-state index contributed by atoms with van der Waals surface area (Å²) in [6.45, 7) is 0.0115. The molecule has 0 aromatic heterocycles. The fourth-order valence-corrected chi connectivity index (χ4v) is 5.01. The molecular weight excluding hydrogens is 487 g/mol. The van der Waals surface area contributed by atoms with Gasteiger partial charge in [-0.15, -0.1) is 0 Å². The van der Waals surface area contributed by atoms with Crippen LogP contribution in [0.2, 0.25) is 10.2 Å². The Balaban J connectivity index is 1.52. The molecule has 0 radical (unpaired) electrons. The number of fused-ring (bicyclic) bond motifs is 1. The summed E-state index contributed by atoms with van der Waals surface area (Å²) < 4.78 is 29.6.